The van der Waals surface area contributed by atoms with Gasteiger partial charge in [-0.05, 0) is 48.8 Å². The molecular formula is C35H49N6NaO9SV. The zero-order valence-electron chi connectivity index (χ0n) is 30.6. The maximum Gasteiger partial charge on any atom is 1.00 e. The predicted molar refractivity (Wildman–Crippen MR) is 186 cm³/mol. The normalized spacial score (nSPS) is 24.7. The van der Waals surface area contributed by atoms with Gasteiger partial charge >= 0.3 is 35.6 Å². The van der Waals surface area contributed by atoms with Gasteiger partial charge in [-0.15, -0.1) is 0 Å². The molecule has 3 unspecified atom stereocenters. The Morgan fingerprint density at radius 3 is 2.38 bits per heavy atom. The summed E-state index contributed by atoms with van der Waals surface area (Å²) in [5.74, 6) is -1.22. The van der Waals surface area contributed by atoms with Gasteiger partial charge in [-0.1, -0.05) is 32.4 Å². The third-order valence-corrected chi connectivity index (χ3v) is 11.4. The number of unbranched alkanes of at least 4 members (excludes halogenated alkanes) is 1. The van der Waals surface area contributed by atoms with Crippen LogP contribution in [-0.2, 0) is 58.4 Å². The smallest absolute Gasteiger partial charge is 0.548 e. The molecule has 15 nitrogen and oxygen atoms in total. The van der Waals surface area contributed by atoms with Crippen LogP contribution in [0.15, 0.2) is 24.3 Å². The predicted octanol–water partition coefficient (Wildman–Crippen LogP) is -2.93. The SMILES string of the molecule is CC1(C)C[C@@H]2[C@H](NC(=O)CCc3ccc(NC(=O)CCOCCOCCNC(=O)CCCCC4SCC5NC(=O)NC54)cc3)C(=O)N2[C@H]1C(=O)[O-].[Na+].[V]. The molecule has 4 heterocycles. The minimum absolute atomic E-state index is 0. The Morgan fingerprint density at radius 2 is 1.66 bits per heavy atom. The topological polar surface area (TPSA) is 207 Å². The molecule has 0 aromatic heterocycles. The van der Waals surface area contributed by atoms with E-state index in [1.54, 1.807) is 26.0 Å². The number of fused-ring (bicyclic) bond motifs is 2. The fourth-order valence-electron chi connectivity index (χ4n) is 7.31. The van der Waals surface area contributed by atoms with Crippen LogP contribution < -0.4 is 61.2 Å². The van der Waals surface area contributed by atoms with E-state index in [1.165, 1.54) is 4.90 Å². The van der Waals surface area contributed by atoms with Gasteiger partial charge in [0, 0.05) is 54.6 Å². The third kappa shape index (κ3) is 12.3. The molecule has 0 bridgehead atoms. The number of carbonyl (C=O) groups is 6. The molecule has 4 saturated heterocycles. The van der Waals surface area contributed by atoms with E-state index in [1.807, 2.05) is 23.9 Å². The molecule has 4 aliphatic rings. The fraction of sp³-hybridized carbons (Fsp3) is 0.657. The van der Waals surface area contributed by atoms with Gasteiger partial charge in [-0.25, -0.2) is 4.79 Å². The number of hydrogen-bond donors (Lipinski definition) is 5. The first kappa shape index (κ1) is 45.1. The number of benzene rings is 1. The number of nitrogens with zero attached hydrogens (tertiary/aromatic N) is 1. The molecule has 6 amide bonds. The number of hydrogen-bond acceptors (Lipinski definition) is 10. The van der Waals surface area contributed by atoms with E-state index >= 15 is 0 Å². The van der Waals surface area contributed by atoms with E-state index < -0.39 is 23.5 Å². The number of aryl methyl sites for hydroxylation is 1. The first-order valence-corrected chi connectivity index (χ1v) is 18.8. The number of ether oxygens (including phenoxy) is 2. The second-order valence-electron chi connectivity index (χ2n) is 14.2. The van der Waals surface area contributed by atoms with Gasteiger partial charge in [0.2, 0.25) is 23.6 Å². The van der Waals surface area contributed by atoms with Crippen LogP contribution >= 0.6 is 11.8 Å². The molecule has 1 radical (unpaired) electrons. The number of nitrogens with one attached hydrogen (secondary N) is 5. The van der Waals surface area contributed by atoms with Crippen LogP contribution in [0, 0.1) is 5.41 Å². The molecule has 1 aromatic carbocycles. The second kappa shape index (κ2) is 21.1. The van der Waals surface area contributed by atoms with Gasteiger partial charge in [0.1, 0.15) is 6.04 Å². The molecule has 6 atom stereocenters. The van der Waals surface area contributed by atoms with E-state index in [9.17, 15) is 33.9 Å². The first-order valence-electron chi connectivity index (χ1n) is 17.7. The van der Waals surface area contributed by atoms with Gasteiger partial charge in [-0.3, -0.25) is 19.2 Å². The van der Waals surface area contributed by atoms with Crippen molar-refractivity contribution in [3.8, 4) is 0 Å². The van der Waals surface area contributed by atoms with Crippen molar-refractivity contribution in [3.05, 3.63) is 29.8 Å². The monoisotopic (exact) mass is 803 g/mol. The minimum Gasteiger partial charge on any atom is -0.548 e. The van der Waals surface area contributed by atoms with Crippen molar-refractivity contribution in [2.75, 3.05) is 44.0 Å². The number of carbonyl (C=O) groups excluding carboxylic acids is 6. The number of anilines is 1. The average molecular weight is 804 g/mol. The average Bonchev–Trinajstić information content (AvgIpc) is 3.72. The molecule has 0 aliphatic carbocycles. The summed E-state index contributed by atoms with van der Waals surface area (Å²) in [6.07, 6.45) is 4.43. The summed E-state index contributed by atoms with van der Waals surface area (Å²) in [7, 11) is 0. The number of thioether (sulfide) groups is 1. The molecular weight excluding hydrogens is 754 g/mol. The van der Waals surface area contributed by atoms with Crippen molar-refractivity contribution < 1.29 is 91.5 Å². The maximum absolute atomic E-state index is 12.6. The Hall–Kier alpha value is -2.31. The number of β-lactam (4-membered cyclic amide) rings is 1. The Balaban J connectivity index is 0.00000378. The molecule has 4 aliphatic heterocycles. The summed E-state index contributed by atoms with van der Waals surface area (Å²) < 4.78 is 11.0. The maximum atomic E-state index is 12.6. The van der Waals surface area contributed by atoms with E-state index in [0.29, 0.717) is 56.6 Å². The quantitative estimate of drug-likeness (QED) is 0.0393. The van der Waals surface area contributed by atoms with Crippen LogP contribution in [0.1, 0.15) is 64.4 Å². The molecule has 0 spiro atoms. The minimum atomic E-state index is -1.28. The standard InChI is InChI=1S/C35H50N6O9S.Na.V/c1-35(2)19-24-30(32(45)41(24)31(35)33(46)47)39-27(43)12-9-21-7-10-22(11-8-21)37-28(44)13-15-49-17-18-50-16-14-36-26(42)6-4-3-5-25-29-23(20-51-25)38-34(48)40-29;;/h7-8,10-11,23-25,29-31H,3-6,9,12-20H2,1-2H3,(H,36,42)(H,37,44)(H,39,43)(H,46,47)(H2,38,40,48);;/q;+1;/p-1/t23?,24-,25?,29?,30+,31+;;/m1../s1. The van der Waals surface area contributed by atoms with Crippen LogP contribution in [0.25, 0.3) is 0 Å². The van der Waals surface area contributed by atoms with Gasteiger partial charge in [-0.2, -0.15) is 11.8 Å². The van der Waals surface area contributed by atoms with Crippen LogP contribution in [0.5, 0.6) is 0 Å². The van der Waals surface area contributed by atoms with E-state index in [4.69, 9.17) is 9.47 Å². The fourth-order valence-corrected chi connectivity index (χ4v) is 8.86. The summed E-state index contributed by atoms with van der Waals surface area (Å²) in [5, 5.41) is 26.3. The number of carboxylic acid groups (broad SMARTS) is 1. The van der Waals surface area contributed by atoms with Crippen molar-refractivity contribution >= 4 is 53.1 Å². The van der Waals surface area contributed by atoms with E-state index in [-0.39, 0.29) is 115 Å². The van der Waals surface area contributed by atoms with Crippen molar-refractivity contribution in [1.29, 1.82) is 0 Å². The Labute approximate surface area is 348 Å². The van der Waals surface area contributed by atoms with Crippen LogP contribution in [-0.4, -0.2) is 115 Å². The summed E-state index contributed by atoms with van der Waals surface area (Å²) >= 11 is 1.88. The molecule has 5 N–H and O–H groups in total. The Morgan fingerprint density at radius 1 is 0.943 bits per heavy atom. The number of aliphatic carboxylic acids is 1. The summed E-state index contributed by atoms with van der Waals surface area (Å²) in [6, 6.07) is 5.44. The van der Waals surface area contributed by atoms with Crippen molar-refractivity contribution in [3.63, 3.8) is 0 Å². The number of urea groups is 1. The molecule has 53 heavy (non-hydrogen) atoms. The van der Waals surface area contributed by atoms with Gasteiger partial charge in [0.25, 0.3) is 0 Å². The number of rotatable bonds is 20. The van der Waals surface area contributed by atoms with Gasteiger partial charge in [0.05, 0.1) is 63.0 Å². The Bertz CT molecular complexity index is 1460. The summed E-state index contributed by atoms with van der Waals surface area (Å²) in [6.45, 7) is 5.27. The molecule has 0 saturated carbocycles. The van der Waals surface area contributed by atoms with Gasteiger partial charge in [0.15, 0.2) is 0 Å². The molecule has 4 fully saturated rings. The van der Waals surface area contributed by atoms with Crippen molar-refractivity contribution in [1.82, 2.24) is 26.2 Å². The summed E-state index contributed by atoms with van der Waals surface area (Å²) in [5.41, 5.74) is 0.879. The molecule has 1 aromatic rings. The van der Waals surface area contributed by atoms with Crippen molar-refractivity contribution in [2.24, 2.45) is 5.41 Å². The van der Waals surface area contributed by atoms with Gasteiger partial charge < -0.3 is 50.9 Å². The number of carboxylic acids is 1. The van der Waals surface area contributed by atoms with Crippen molar-refractivity contribution in [2.45, 2.75) is 101 Å². The van der Waals surface area contributed by atoms with Crippen LogP contribution in [0.2, 0.25) is 0 Å². The largest absolute Gasteiger partial charge is 1.00 e. The summed E-state index contributed by atoms with van der Waals surface area (Å²) in [4.78, 5) is 73.9. The zero-order chi connectivity index (χ0) is 36.5. The second-order valence-corrected chi connectivity index (χ2v) is 15.5. The molecule has 18 heteroatoms. The van der Waals surface area contributed by atoms with Crippen LogP contribution in [0.4, 0.5) is 10.5 Å². The van der Waals surface area contributed by atoms with E-state index in [0.717, 1.165) is 30.6 Å². The third-order valence-electron chi connectivity index (χ3n) is 9.93. The van der Waals surface area contributed by atoms with Crippen LogP contribution in [0.3, 0.4) is 0 Å². The number of amides is 6. The van der Waals surface area contributed by atoms with E-state index in [2.05, 4.69) is 26.6 Å². The zero-order valence-corrected chi connectivity index (χ0v) is 34.9. The molecule has 5 rings (SSSR count). The Kier molecular flexibility index (Phi) is 18.0. The first-order chi connectivity index (χ1) is 24.4. The molecule has 285 valence electrons.